The summed E-state index contributed by atoms with van der Waals surface area (Å²) in [6.07, 6.45) is 0.793. The van der Waals surface area contributed by atoms with Crippen LogP contribution in [0.5, 0.6) is 5.75 Å². The normalized spacial score (nSPS) is 11.8. The van der Waals surface area contributed by atoms with Gasteiger partial charge in [-0.1, -0.05) is 19.1 Å². The van der Waals surface area contributed by atoms with Crippen LogP contribution in [0.1, 0.15) is 40.9 Å². The van der Waals surface area contributed by atoms with Crippen LogP contribution in [0.3, 0.4) is 0 Å². The van der Waals surface area contributed by atoms with Crippen LogP contribution in [0.4, 0.5) is 0 Å². The Kier molecular flexibility index (Phi) is 5.57. The average molecular weight is 314 g/mol. The summed E-state index contributed by atoms with van der Waals surface area (Å²) in [6.45, 7) is 4.39. The van der Waals surface area contributed by atoms with E-state index in [4.69, 9.17) is 4.74 Å². The minimum Gasteiger partial charge on any atom is -0.497 e. The van der Waals surface area contributed by atoms with Crippen LogP contribution in [0.25, 0.3) is 0 Å². The van der Waals surface area contributed by atoms with Crippen molar-refractivity contribution in [3.05, 3.63) is 63.6 Å². The maximum atomic E-state index is 12.0. The molecule has 2 aromatic rings. The highest BCUT2D eigenvalue weighted by Gasteiger charge is 2.11. The van der Waals surface area contributed by atoms with Crippen LogP contribution in [0, 0.1) is 6.92 Å². The number of nitrogens with one attached hydrogen (secondary N) is 2. The van der Waals surface area contributed by atoms with Crippen LogP contribution < -0.4 is 15.6 Å². The van der Waals surface area contributed by atoms with Gasteiger partial charge in [-0.05, 0) is 49.1 Å². The van der Waals surface area contributed by atoms with E-state index in [2.05, 4.69) is 17.2 Å². The highest BCUT2D eigenvalue weighted by atomic mass is 16.5. The van der Waals surface area contributed by atoms with Crippen molar-refractivity contribution in [3.63, 3.8) is 0 Å². The van der Waals surface area contributed by atoms with Gasteiger partial charge in [-0.3, -0.25) is 9.59 Å². The van der Waals surface area contributed by atoms with Crippen LogP contribution in [0.15, 0.2) is 41.2 Å². The molecule has 0 saturated carbocycles. The molecule has 0 fully saturated rings. The number of carbonyl (C=O) groups excluding carboxylic acids is 1. The predicted molar refractivity (Wildman–Crippen MR) is 90.2 cm³/mol. The SMILES string of the molecule is COc1ccc([C@@H](C)CCNC(=O)c2ccc(C)[nH]c2=O)cc1. The van der Waals surface area contributed by atoms with Gasteiger partial charge in [0.2, 0.25) is 0 Å². The molecule has 2 N–H and O–H groups in total. The zero-order valence-electron chi connectivity index (χ0n) is 13.7. The fourth-order valence-corrected chi connectivity index (χ4v) is 2.35. The Balaban J connectivity index is 1.88. The summed E-state index contributed by atoms with van der Waals surface area (Å²) in [5.74, 6) is 0.790. The average Bonchev–Trinajstić information content (AvgIpc) is 2.54. The lowest BCUT2D eigenvalue weighted by atomic mass is 9.98. The Morgan fingerprint density at radius 1 is 1.22 bits per heavy atom. The Morgan fingerprint density at radius 2 is 1.91 bits per heavy atom. The van der Waals surface area contributed by atoms with Crippen molar-refractivity contribution in [3.8, 4) is 5.75 Å². The smallest absolute Gasteiger partial charge is 0.260 e. The maximum Gasteiger partial charge on any atom is 0.260 e. The molecule has 0 aliphatic heterocycles. The molecule has 0 saturated heterocycles. The number of rotatable bonds is 6. The van der Waals surface area contributed by atoms with Gasteiger partial charge in [0.15, 0.2) is 0 Å². The zero-order valence-corrected chi connectivity index (χ0v) is 13.7. The number of methoxy groups -OCH3 is 1. The van der Waals surface area contributed by atoms with E-state index in [1.807, 2.05) is 24.3 Å². The van der Waals surface area contributed by atoms with Gasteiger partial charge < -0.3 is 15.0 Å². The summed E-state index contributed by atoms with van der Waals surface area (Å²) >= 11 is 0. The number of hydrogen-bond acceptors (Lipinski definition) is 3. The lowest BCUT2D eigenvalue weighted by Gasteiger charge is -2.13. The Hall–Kier alpha value is -2.56. The van der Waals surface area contributed by atoms with Gasteiger partial charge >= 0.3 is 0 Å². The lowest BCUT2D eigenvalue weighted by Crippen LogP contribution is -2.30. The molecular formula is C18H22N2O3. The van der Waals surface area contributed by atoms with Gasteiger partial charge in [0.05, 0.1) is 7.11 Å². The van der Waals surface area contributed by atoms with Gasteiger partial charge in [0.1, 0.15) is 11.3 Å². The third kappa shape index (κ3) is 4.45. The summed E-state index contributed by atoms with van der Waals surface area (Å²) < 4.78 is 5.14. The van der Waals surface area contributed by atoms with Crippen molar-refractivity contribution in [2.75, 3.05) is 13.7 Å². The fourth-order valence-electron chi connectivity index (χ4n) is 2.35. The first-order chi connectivity index (χ1) is 11.0. The quantitative estimate of drug-likeness (QED) is 0.861. The minimum absolute atomic E-state index is 0.146. The molecule has 0 radical (unpaired) electrons. The standard InChI is InChI=1S/C18H22N2O3/c1-12(14-5-7-15(23-3)8-6-14)10-11-19-17(21)16-9-4-13(2)20-18(16)22/h4-9,12H,10-11H2,1-3H3,(H,19,21)(H,20,22)/t12-/m0/s1. The minimum atomic E-state index is -0.356. The highest BCUT2D eigenvalue weighted by Crippen LogP contribution is 2.21. The van der Waals surface area contributed by atoms with Crippen molar-refractivity contribution in [2.24, 2.45) is 0 Å². The van der Waals surface area contributed by atoms with Crippen molar-refractivity contribution < 1.29 is 9.53 Å². The van der Waals surface area contributed by atoms with Gasteiger partial charge in [-0.25, -0.2) is 0 Å². The molecule has 0 spiro atoms. The topological polar surface area (TPSA) is 71.2 Å². The molecule has 2 rings (SSSR count). The van der Waals surface area contributed by atoms with E-state index >= 15 is 0 Å². The highest BCUT2D eigenvalue weighted by molar-refractivity contribution is 5.93. The molecule has 1 aromatic carbocycles. The first kappa shape index (κ1) is 16.8. The van der Waals surface area contributed by atoms with Crippen LogP contribution in [-0.4, -0.2) is 24.5 Å². The van der Waals surface area contributed by atoms with E-state index in [1.54, 1.807) is 26.2 Å². The molecular weight excluding hydrogens is 292 g/mol. The molecule has 122 valence electrons. The number of amides is 1. The van der Waals surface area contributed by atoms with Crippen molar-refractivity contribution in [1.29, 1.82) is 0 Å². The van der Waals surface area contributed by atoms with Crippen molar-refractivity contribution in [1.82, 2.24) is 10.3 Å². The Labute approximate surface area is 135 Å². The number of aromatic amines is 1. The van der Waals surface area contributed by atoms with Gasteiger partial charge in [0, 0.05) is 12.2 Å². The molecule has 0 aliphatic rings. The van der Waals surface area contributed by atoms with Gasteiger partial charge in [-0.15, -0.1) is 0 Å². The number of pyridine rings is 1. The zero-order chi connectivity index (χ0) is 16.8. The number of benzene rings is 1. The third-order valence-electron chi connectivity index (χ3n) is 3.85. The van der Waals surface area contributed by atoms with E-state index in [0.29, 0.717) is 12.5 Å². The molecule has 0 aliphatic carbocycles. The number of hydrogen-bond donors (Lipinski definition) is 2. The number of aryl methyl sites for hydroxylation is 1. The van der Waals surface area contributed by atoms with E-state index in [-0.39, 0.29) is 17.0 Å². The summed E-state index contributed by atoms with van der Waals surface area (Å²) in [7, 11) is 1.64. The first-order valence-corrected chi connectivity index (χ1v) is 7.63. The van der Waals surface area contributed by atoms with Crippen LogP contribution in [-0.2, 0) is 0 Å². The molecule has 0 unspecified atom stereocenters. The summed E-state index contributed by atoms with van der Waals surface area (Å²) in [5.41, 5.74) is 1.71. The summed E-state index contributed by atoms with van der Waals surface area (Å²) in [5, 5.41) is 2.80. The van der Waals surface area contributed by atoms with Gasteiger partial charge in [-0.2, -0.15) is 0 Å². The Bertz CT molecular complexity index is 720. The van der Waals surface area contributed by atoms with E-state index < -0.39 is 0 Å². The van der Waals surface area contributed by atoms with E-state index in [0.717, 1.165) is 17.9 Å². The Morgan fingerprint density at radius 3 is 2.52 bits per heavy atom. The molecule has 0 bridgehead atoms. The monoisotopic (exact) mass is 314 g/mol. The number of H-pyrrole nitrogens is 1. The number of ether oxygens (including phenoxy) is 1. The van der Waals surface area contributed by atoms with Crippen LogP contribution >= 0.6 is 0 Å². The summed E-state index contributed by atoms with van der Waals surface area (Å²) in [4.78, 5) is 26.4. The number of carbonyl (C=O) groups is 1. The molecule has 5 nitrogen and oxygen atoms in total. The van der Waals surface area contributed by atoms with Gasteiger partial charge in [0.25, 0.3) is 11.5 Å². The first-order valence-electron chi connectivity index (χ1n) is 7.63. The van der Waals surface area contributed by atoms with E-state index in [1.165, 1.54) is 5.56 Å². The molecule has 23 heavy (non-hydrogen) atoms. The number of aromatic nitrogens is 1. The lowest BCUT2D eigenvalue weighted by molar-refractivity contribution is 0.0951. The third-order valence-corrected chi connectivity index (χ3v) is 3.85. The van der Waals surface area contributed by atoms with Crippen molar-refractivity contribution >= 4 is 5.91 Å². The molecule has 1 amide bonds. The second-order valence-electron chi connectivity index (χ2n) is 5.60. The second-order valence-corrected chi connectivity index (χ2v) is 5.60. The van der Waals surface area contributed by atoms with E-state index in [9.17, 15) is 9.59 Å². The summed E-state index contributed by atoms with van der Waals surface area (Å²) in [6, 6.07) is 11.2. The maximum absolute atomic E-state index is 12.0. The fraction of sp³-hybridized carbons (Fsp3) is 0.333. The molecule has 1 aromatic heterocycles. The molecule has 5 heteroatoms. The largest absolute Gasteiger partial charge is 0.497 e. The van der Waals surface area contributed by atoms with Crippen molar-refractivity contribution in [2.45, 2.75) is 26.2 Å². The molecule has 1 heterocycles. The predicted octanol–water partition coefficient (Wildman–Crippen LogP) is 2.62. The second kappa shape index (κ2) is 7.63. The molecule has 1 atom stereocenters. The van der Waals surface area contributed by atoms with Crippen LogP contribution in [0.2, 0.25) is 0 Å².